The standard InChI is InChI=1S/C15H22N2O2S/c1-10-13(11(2)17(3)16-10)14(18)12-4-6-19-15(8-12)5-7-20-9-15/h12H,4-9H2,1-3H3. The minimum atomic E-state index is -0.0345. The molecule has 0 radical (unpaired) electrons. The van der Waals surface area contributed by atoms with Gasteiger partial charge in [0.1, 0.15) is 0 Å². The number of carbonyl (C=O) groups is 1. The lowest BCUT2D eigenvalue weighted by Crippen LogP contribution is -2.42. The van der Waals surface area contributed by atoms with Gasteiger partial charge in [0.15, 0.2) is 5.78 Å². The Morgan fingerprint density at radius 3 is 2.90 bits per heavy atom. The molecule has 2 aliphatic heterocycles. The summed E-state index contributed by atoms with van der Waals surface area (Å²) in [6.45, 7) is 4.63. The van der Waals surface area contributed by atoms with E-state index in [9.17, 15) is 4.79 Å². The van der Waals surface area contributed by atoms with Crippen LogP contribution in [-0.2, 0) is 11.8 Å². The molecule has 2 fully saturated rings. The molecule has 2 aliphatic rings. The van der Waals surface area contributed by atoms with Crippen molar-refractivity contribution in [1.29, 1.82) is 0 Å². The molecule has 4 nitrogen and oxygen atoms in total. The fraction of sp³-hybridized carbons (Fsp3) is 0.733. The van der Waals surface area contributed by atoms with Crippen LogP contribution >= 0.6 is 11.8 Å². The van der Waals surface area contributed by atoms with Crippen molar-refractivity contribution >= 4 is 17.5 Å². The maximum Gasteiger partial charge on any atom is 0.169 e. The second-order valence-corrected chi connectivity index (χ2v) is 7.16. The average molecular weight is 294 g/mol. The van der Waals surface area contributed by atoms with Gasteiger partial charge < -0.3 is 4.74 Å². The molecule has 2 saturated heterocycles. The molecule has 1 aromatic rings. The summed E-state index contributed by atoms with van der Waals surface area (Å²) in [5.74, 6) is 2.57. The van der Waals surface area contributed by atoms with Gasteiger partial charge in [-0.2, -0.15) is 16.9 Å². The number of aromatic nitrogens is 2. The van der Waals surface area contributed by atoms with Gasteiger partial charge in [-0.25, -0.2) is 0 Å². The Bertz CT molecular complexity index is 532. The van der Waals surface area contributed by atoms with Crippen molar-refractivity contribution in [1.82, 2.24) is 9.78 Å². The molecular formula is C15H22N2O2S. The molecule has 1 aromatic heterocycles. The van der Waals surface area contributed by atoms with Crippen LogP contribution in [0.15, 0.2) is 0 Å². The van der Waals surface area contributed by atoms with E-state index in [4.69, 9.17) is 4.74 Å². The van der Waals surface area contributed by atoms with Crippen LogP contribution in [0.5, 0.6) is 0 Å². The number of nitrogens with zero attached hydrogens (tertiary/aromatic N) is 2. The van der Waals surface area contributed by atoms with Crippen molar-refractivity contribution in [2.75, 3.05) is 18.1 Å². The quantitative estimate of drug-likeness (QED) is 0.786. The molecule has 20 heavy (non-hydrogen) atoms. The van der Waals surface area contributed by atoms with E-state index >= 15 is 0 Å². The zero-order chi connectivity index (χ0) is 14.3. The molecule has 3 rings (SSSR count). The molecular weight excluding hydrogens is 272 g/mol. The van der Waals surface area contributed by atoms with Crippen LogP contribution in [0.1, 0.15) is 41.0 Å². The number of hydrogen-bond acceptors (Lipinski definition) is 4. The highest BCUT2D eigenvalue weighted by molar-refractivity contribution is 7.99. The zero-order valence-corrected chi connectivity index (χ0v) is 13.3. The number of ether oxygens (including phenoxy) is 1. The van der Waals surface area contributed by atoms with E-state index in [1.165, 1.54) is 0 Å². The molecule has 110 valence electrons. The molecule has 1 spiro atoms. The summed E-state index contributed by atoms with van der Waals surface area (Å²) in [5, 5.41) is 4.38. The van der Waals surface area contributed by atoms with E-state index in [1.54, 1.807) is 0 Å². The number of Topliss-reactive ketones (excluding diaryl/α,β-unsaturated/α-hetero) is 1. The lowest BCUT2D eigenvalue weighted by molar-refractivity contribution is -0.0734. The number of carbonyl (C=O) groups excluding carboxylic acids is 1. The van der Waals surface area contributed by atoms with Gasteiger partial charge in [-0.15, -0.1) is 0 Å². The van der Waals surface area contributed by atoms with E-state index in [0.29, 0.717) is 0 Å². The molecule has 0 amide bonds. The first-order valence-corrected chi connectivity index (χ1v) is 8.44. The summed E-state index contributed by atoms with van der Waals surface area (Å²) in [6, 6.07) is 0. The lowest BCUT2D eigenvalue weighted by Gasteiger charge is -2.37. The SMILES string of the molecule is Cc1nn(C)c(C)c1C(=O)C1CCOC2(CCSC2)C1. The van der Waals surface area contributed by atoms with E-state index < -0.39 is 0 Å². The molecule has 5 heteroatoms. The molecule has 2 unspecified atom stereocenters. The highest BCUT2D eigenvalue weighted by atomic mass is 32.2. The number of aryl methyl sites for hydroxylation is 2. The molecule has 0 aliphatic carbocycles. The number of thioether (sulfide) groups is 1. The van der Waals surface area contributed by atoms with Gasteiger partial charge in [0, 0.05) is 31.0 Å². The third kappa shape index (κ3) is 2.31. The van der Waals surface area contributed by atoms with Gasteiger partial charge in [0.25, 0.3) is 0 Å². The van der Waals surface area contributed by atoms with Crippen LogP contribution in [0.4, 0.5) is 0 Å². The van der Waals surface area contributed by atoms with Gasteiger partial charge in [0.2, 0.25) is 0 Å². The first-order chi connectivity index (χ1) is 9.52. The number of rotatable bonds is 2. The largest absolute Gasteiger partial charge is 0.374 e. The Morgan fingerprint density at radius 1 is 1.50 bits per heavy atom. The monoisotopic (exact) mass is 294 g/mol. The summed E-state index contributed by atoms with van der Waals surface area (Å²) in [4.78, 5) is 12.9. The Balaban J connectivity index is 1.83. The van der Waals surface area contributed by atoms with E-state index in [1.807, 2.05) is 37.3 Å². The van der Waals surface area contributed by atoms with E-state index in [0.717, 1.165) is 54.3 Å². The van der Waals surface area contributed by atoms with Crippen LogP contribution < -0.4 is 0 Å². The van der Waals surface area contributed by atoms with Crippen molar-refractivity contribution < 1.29 is 9.53 Å². The van der Waals surface area contributed by atoms with Gasteiger partial charge >= 0.3 is 0 Å². The number of ketones is 1. The van der Waals surface area contributed by atoms with Gasteiger partial charge in [0.05, 0.1) is 16.9 Å². The minimum Gasteiger partial charge on any atom is -0.374 e. The zero-order valence-electron chi connectivity index (χ0n) is 12.4. The van der Waals surface area contributed by atoms with Crippen molar-refractivity contribution in [3.05, 3.63) is 17.0 Å². The van der Waals surface area contributed by atoms with Crippen molar-refractivity contribution in [3.8, 4) is 0 Å². The summed E-state index contributed by atoms with van der Waals surface area (Å²) >= 11 is 1.95. The first kappa shape index (κ1) is 14.1. The highest BCUT2D eigenvalue weighted by Crippen LogP contribution is 2.41. The lowest BCUT2D eigenvalue weighted by atomic mass is 9.81. The highest BCUT2D eigenvalue weighted by Gasteiger charge is 2.43. The van der Waals surface area contributed by atoms with Gasteiger partial charge in [-0.1, -0.05) is 0 Å². The predicted octanol–water partition coefficient (Wildman–Crippen LogP) is 2.52. The minimum absolute atomic E-state index is 0.0345. The number of hydrogen-bond donors (Lipinski definition) is 0. The fourth-order valence-corrected chi connectivity index (χ4v) is 4.83. The summed E-state index contributed by atoms with van der Waals surface area (Å²) in [7, 11) is 1.90. The van der Waals surface area contributed by atoms with Crippen LogP contribution in [0.2, 0.25) is 0 Å². The summed E-state index contributed by atoms with van der Waals surface area (Å²) in [5.41, 5.74) is 2.64. The maximum atomic E-state index is 12.9. The molecule has 0 N–H and O–H groups in total. The Hall–Kier alpha value is -0.810. The normalized spacial score (nSPS) is 30.1. The van der Waals surface area contributed by atoms with Crippen LogP contribution in [0.25, 0.3) is 0 Å². The van der Waals surface area contributed by atoms with E-state index in [2.05, 4.69) is 5.10 Å². The van der Waals surface area contributed by atoms with Crippen LogP contribution in [-0.4, -0.2) is 39.3 Å². The van der Waals surface area contributed by atoms with Crippen molar-refractivity contribution in [2.24, 2.45) is 13.0 Å². The smallest absolute Gasteiger partial charge is 0.169 e. The first-order valence-electron chi connectivity index (χ1n) is 7.28. The molecule has 0 saturated carbocycles. The van der Waals surface area contributed by atoms with Gasteiger partial charge in [-0.3, -0.25) is 9.48 Å². The fourth-order valence-electron chi connectivity index (χ4n) is 3.45. The molecule has 3 heterocycles. The second-order valence-electron chi connectivity index (χ2n) is 6.06. The third-order valence-electron chi connectivity index (χ3n) is 4.69. The topological polar surface area (TPSA) is 44.1 Å². The van der Waals surface area contributed by atoms with Crippen LogP contribution in [0, 0.1) is 19.8 Å². The third-order valence-corrected chi connectivity index (χ3v) is 5.91. The van der Waals surface area contributed by atoms with Crippen LogP contribution in [0.3, 0.4) is 0 Å². The van der Waals surface area contributed by atoms with Gasteiger partial charge in [-0.05, 0) is 38.9 Å². The Labute approximate surface area is 124 Å². The van der Waals surface area contributed by atoms with E-state index in [-0.39, 0.29) is 17.3 Å². The average Bonchev–Trinajstić information content (AvgIpc) is 2.95. The summed E-state index contributed by atoms with van der Waals surface area (Å²) in [6.07, 6.45) is 2.82. The molecule has 2 atom stereocenters. The molecule has 0 bridgehead atoms. The van der Waals surface area contributed by atoms with Crippen molar-refractivity contribution in [3.63, 3.8) is 0 Å². The Kier molecular flexibility index (Phi) is 3.67. The maximum absolute atomic E-state index is 12.9. The van der Waals surface area contributed by atoms with Crippen molar-refractivity contribution in [2.45, 2.75) is 38.7 Å². The predicted molar refractivity (Wildman–Crippen MR) is 80.4 cm³/mol. The Morgan fingerprint density at radius 2 is 2.30 bits per heavy atom. The summed E-state index contributed by atoms with van der Waals surface area (Å²) < 4.78 is 7.82. The molecule has 0 aromatic carbocycles. The second kappa shape index (κ2) is 5.19.